The largest absolute Gasteiger partial charge is 0.450 e. The van der Waals surface area contributed by atoms with Gasteiger partial charge in [-0.15, -0.1) is 0 Å². The predicted molar refractivity (Wildman–Crippen MR) is 80.1 cm³/mol. The van der Waals surface area contributed by atoms with Crippen LogP contribution in [0.1, 0.15) is 6.92 Å². The minimum Gasteiger partial charge on any atom is -0.450 e. The van der Waals surface area contributed by atoms with Crippen molar-refractivity contribution in [3.63, 3.8) is 0 Å². The average Bonchev–Trinajstić information content (AvgIpc) is 2.54. The van der Waals surface area contributed by atoms with Gasteiger partial charge in [0, 0.05) is 31.9 Å². The summed E-state index contributed by atoms with van der Waals surface area (Å²) >= 11 is 0. The first-order chi connectivity index (χ1) is 10.6. The molecule has 1 heterocycles. The van der Waals surface area contributed by atoms with Gasteiger partial charge < -0.3 is 19.9 Å². The summed E-state index contributed by atoms with van der Waals surface area (Å²) in [5, 5.41) is 2.96. The molecule has 120 valence electrons. The lowest BCUT2D eigenvalue weighted by atomic mass is 10.3. The van der Waals surface area contributed by atoms with Crippen molar-refractivity contribution in [2.75, 3.05) is 44.6 Å². The summed E-state index contributed by atoms with van der Waals surface area (Å²) in [6.07, 6.45) is -0.334. The van der Waals surface area contributed by atoms with E-state index >= 15 is 0 Å². The van der Waals surface area contributed by atoms with Gasteiger partial charge in [-0.05, 0) is 31.2 Å². The number of ether oxygens (including phenoxy) is 1. The van der Waals surface area contributed by atoms with E-state index in [0.29, 0.717) is 38.5 Å². The molecule has 2 amide bonds. The molecule has 1 aliphatic rings. The summed E-state index contributed by atoms with van der Waals surface area (Å²) in [7, 11) is 0. The Balaban J connectivity index is 1.75. The maximum atomic E-state index is 12.8. The fourth-order valence-corrected chi connectivity index (χ4v) is 2.21. The van der Waals surface area contributed by atoms with Crippen molar-refractivity contribution >= 4 is 17.7 Å². The van der Waals surface area contributed by atoms with Gasteiger partial charge in [-0.3, -0.25) is 4.79 Å². The minimum absolute atomic E-state index is 0.0483. The molecule has 0 radical (unpaired) electrons. The second kappa shape index (κ2) is 7.63. The topological polar surface area (TPSA) is 61.9 Å². The van der Waals surface area contributed by atoms with Crippen molar-refractivity contribution < 1.29 is 18.7 Å². The summed E-state index contributed by atoms with van der Waals surface area (Å²) in [4.78, 5) is 27.0. The SMILES string of the molecule is CCOC(=O)N1CCN(C(=O)CNc2ccc(F)cc2)CC1. The predicted octanol–water partition coefficient (Wildman–Crippen LogP) is 1.54. The van der Waals surface area contributed by atoms with Gasteiger partial charge in [0.25, 0.3) is 0 Å². The van der Waals surface area contributed by atoms with Crippen LogP contribution in [0.25, 0.3) is 0 Å². The number of hydrogen-bond acceptors (Lipinski definition) is 4. The van der Waals surface area contributed by atoms with Crippen LogP contribution < -0.4 is 5.32 Å². The molecule has 0 unspecified atom stereocenters. The molecule has 6 nitrogen and oxygen atoms in total. The molecule has 1 aromatic carbocycles. The summed E-state index contributed by atoms with van der Waals surface area (Å²) in [6.45, 7) is 4.18. The molecular weight excluding hydrogens is 289 g/mol. The molecule has 0 aromatic heterocycles. The van der Waals surface area contributed by atoms with E-state index in [9.17, 15) is 14.0 Å². The number of nitrogens with one attached hydrogen (secondary N) is 1. The highest BCUT2D eigenvalue weighted by atomic mass is 19.1. The first-order valence-corrected chi connectivity index (χ1v) is 7.29. The molecule has 0 saturated carbocycles. The number of halogens is 1. The fraction of sp³-hybridized carbons (Fsp3) is 0.467. The monoisotopic (exact) mass is 309 g/mol. The number of amides is 2. The van der Waals surface area contributed by atoms with Crippen molar-refractivity contribution in [1.82, 2.24) is 9.80 Å². The van der Waals surface area contributed by atoms with Gasteiger partial charge >= 0.3 is 6.09 Å². The molecule has 22 heavy (non-hydrogen) atoms. The number of nitrogens with zero attached hydrogens (tertiary/aromatic N) is 2. The summed E-state index contributed by atoms with van der Waals surface area (Å²) < 4.78 is 17.7. The van der Waals surface area contributed by atoms with Crippen molar-refractivity contribution in [3.05, 3.63) is 30.1 Å². The highest BCUT2D eigenvalue weighted by molar-refractivity contribution is 5.81. The van der Waals surface area contributed by atoms with Crippen molar-refractivity contribution in [3.8, 4) is 0 Å². The number of piperazine rings is 1. The second-order valence-electron chi connectivity index (χ2n) is 4.93. The number of rotatable bonds is 4. The maximum absolute atomic E-state index is 12.8. The molecule has 1 aliphatic heterocycles. The van der Waals surface area contributed by atoms with Gasteiger partial charge in [-0.25, -0.2) is 9.18 Å². The first kappa shape index (κ1) is 16.1. The van der Waals surface area contributed by atoms with Crippen LogP contribution >= 0.6 is 0 Å². The Bertz CT molecular complexity index is 513. The molecular formula is C15H20FN3O3. The molecule has 1 N–H and O–H groups in total. The zero-order valence-electron chi connectivity index (χ0n) is 12.5. The van der Waals surface area contributed by atoms with E-state index in [-0.39, 0.29) is 24.4 Å². The third-order valence-corrected chi connectivity index (χ3v) is 3.45. The molecule has 7 heteroatoms. The lowest BCUT2D eigenvalue weighted by Gasteiger charge is -2.34. The number of hydrogen-bond donors (Lipinski definition) is 1. The molecule has 2 rings (SSSR count). The van der Waals surface area contributed by atoms with Crippen LogP contribution in [0.2, 0.25) is 0 Å². The quantitative estimate of drug-likeness (QED) is 0.916. The first-order valence-electron chi connectivity index (χ1n) is 7.29. The Morgan fingerprint density at radius 2 is 1.73 bits per heavy atom. The fourth-order valence-electron chi connectivity index (χ4n) is 2.21. The normalized spacial score (nSPS) is 14.6. The third-order valence-electron chi connectivity index (χ3n) is 3.45. The lowest BCUT2D eigenvalue weighted by molar-refractivity contribution is -0.130. The van der Waals surface area contributed by atoms with E-state index in [0.717, 1.165) is 0 Å². The Morgan fingerprint density at radius 1 is 1.14 bits per heavy atom. The minimum atomic E-state index is -0.334. The summed E-state index contributed by atoms with van der Waals surface area (Å²) in [5.74, 6) is -0.361. The molecule has 0 aliphatic carbocycles. The van der Waals surface area contributed by atoms with Gasteiger partial charge in [-0.1, -0.05) is 0 Å². The van der Waals surface area contributed by atoms with Gasteiger partial charge in [0.15, 0.2) is 0 Å². The Labute approximate surface area is 128 Å². The van der Waals surface area contributed by atoms with Crippen LogP contribution in [0, 0.1) is 5.82 Å². The van der Waals surface area contributed by atoms with Gasteiger partial charge in [-0.2, -0.15) is 0 Å². The van der Waals surface area contributed by atoms with Gasteiger partial charge in [0.05, 0.1) is 13.2 Å². The number of anilines is 1. The smallest absolute Gasteiger partial charge is 0.409 e. The highest BCUT2D eigenvalue weighted by Gasteiger charge is 2.24. The van der Waals surface area contributed by atoms with E-state index < -0.39 is 0 Å². The van der Waals surface area contributed by atoms with Crippen molar-refractivity contribution in [2.45, 2.75) is 6.92 Å². The van der Waals surface area contributed by atoms with E-state index in [1.165, 1.54) is 12.1 Å². The van der Waals surface area contributed by atoms with E-state index in [2.05, 4.69) is 5.32 Å². The van der Waals surface area contributed by atoms with E-state index in [1.807, 2.05) is 0 Å². The van der Waals surface area contributed by atoms with Crippen LogP contribution in [0.3, 0.4) is 0 Å². The summed E-state index contributed by atoms with van der Waals surface area (Å²) in [5.41, 5.74) is 0.694. The zero-order valence-corrected chi connectivity index (χ0v) is 12.5. The molecule has 0 spiro atoms. The number of carbonyl (C=O) groups excluding carboxylic acids is 2. The van der Waals surface area contributed by atoms with E-state index in [1.54, 1.807) is 28.9 Å². The molecule has 0 atom stereocenters. The number of benzene rings is 1. The molecule has 1 fully saturated rings. The lowest BCUT2D eigenvalue weighted by Crippen LogP contribution is -2.51. The van der Waals surface area contributed by atoms with Crippen LogP contribution in [0.4, 0.5) is 14.9 Å². The second-order valence-corrected chi connectivity index (χ2v) is 4.93. The highest BCUT2D eigenvalue weighted by Crippen LogP contribution is 2.09. The average molecular weight is 309 g/mol. The van der Waals surface area contributed by atoms with Crippen molar-refractivity contribution in [2.24, 2.45) is 0 Å². The molecule has 0 bridgehead atoms. The third kappa shape index (κ3) is 4.34. The Kier molecular flexibility index (Phi) is 5.57. The number of carbonyl (C=O) groups is 2. The zero-order chi connectivity index (χ0) is 15.9. The van der Waals surface area contributed by atoms with Crippen molar-refractivity contribution in [1.29, 1.82) is 0 Å². The molecule has 1 saturated heterocycles. The van der Waals surface area contributed by atoms with E-state index in [4.69, 9.17) is 4.74 Å². The Hall–Kier alpha value is -2.31. The van der Waals surface area contributed by atoms with Gasteiger partial charge in [0.1, 0.15) is 5.82 Å². The summed E-state index contributed by atoms with van der Waals surface area (Å²) in [6, 6.07) is 5.85. The van der Waals surface area contributed by atoms with Gasteiger partial charge in [0.2, 0.25) is 5.91 Å². The molecule has 1 aromatic rings. The van der Waals surface area contributed by atoms with Crippen LogP contribution in [0.15, 0.2) is 24.3 Å². The van der Waals surface area contributed by atoms with Crippen LogP contribution in [-0.2, 0) is 9.53 Å². The van der Waals surface area contributed by atoms with Crippen LogP contribution in [-0.4, -0.2) is 61.1 Å². The standard InChI is InChI=1S/C15H20FN3O3/c1-2-22-15(21)19-9-7-18(8-10-19)14(20)11-17-13-5-3-12(16)4-6-13/h3-6,17H,2,7-11H2,1H3. The Morgan fingerprint density at radius 3 is 2.32 bits per heavy atom. The maximum Gasteiger partial charge on any atom is 0.409 e. The van der Waals surface area contributed by atoms with Crippen LogP contribution in [0.5, 0.6) is 0 Å².